The van der Waals surface area contributed by atoms with Crippen LogP contribution in [0.5, 0.6) is 0 Å². The molecule has 3 heteroatoms. The third kappa shape index (κ3) is 5.95. The van der Waals surface area contributed by atoms with Gasteiger partial charge in [0.15, 0.2) is 5.82 Å². The lowest BCUT2D eigenvalue weighted by Gasteiger charge is -2.18. The van der Waals surface area contributed by atoms with Crippen LogP contribution in [-0.2, 0) is 0 Å². The fourth-order valence-electron chi connectivity index (χ4n) is 3.23. The second-order valence-electron chi connectivity index (χ2n) is 6.51. The number of hydrogen-bond donors (Lipinski definition) is 0. The van der Waals surface area contributed by atoms with Gasteiger partial charge in [-0.15, -0.1) is 0 Å². The zero-order valence-corrected chi connectivity index (χ0v) is 15.6. The summed E-state index contributed by atoms with van der Waals surface area (Å²) in [5, 5.41) is 0.653. The molecule has 0 radical (unpaired) electrons. The SMILES string of the molecule is CCCC(CC)CCC(C)C[PH+](CC)c1cccc(F)c1F. The van der Waals surface area contributed by atoms with Crippen LogP contribution in [0.15, 0.2) is 18.2 Å². The van der Waals surface area contributed by atoms with Gasteiger partial charge in [0.25, 0.3) is 0 Å². The zero-order chi connectivity index (χ0) is 16.5. The van der Waals surface area contributed by atoms with Crippen molar-refractivity contribution in [3.8, 4) is 0 Å². The van der Waals surface area contributed by atoms with E-state index >= 15 is 0 Å². The maximum absolute atomic E-state index is 14.0. The highest BCUT2D eigenvalue weighted by atomic mass is 31.1. The molecule has 3 atom stereocenters. The van der Waals surface area contributed by atoms with Crippen LogP contribution in [0.3, 0.4) is 0 Å². The Morgan fingerprint density at radius 1 is 1.05 bits per heavy atom. The van der Waals surface area contributed by atoms with E-state index in [0.29, 0.717) is 11.2 Å². The van der Waals surface area contributed by atoms with Gasteiger partial charge in [0, 0.05) is 7.92 Å². The van der Waals surface area contributed by atoms with Crippen molar-refractivity contribution in [1.29, 1.82) is 0 Å². The molecule has 0 spiro atoms. The minimum atomic E-state index is -0.994. The first kappa shape index (κ1) is 19.6. The van der Waals surface area contributed by atoms with Crippen molar-refractivity contribution >= 4 is 13.2 Å². The molecule has 1 aromatic carbocycles. The van der Waals surface area contributed by atoms with Crippen LogP contribution in [0.4, 0.5) is 8.78 Å². The average Bonchev–Trinajstić information content (AvgIpc) is 2.52. The first-order valence-corrected chi connectivity index (χ1v) is 10.7. The summed E-state index contributed by atoms with van der Waals surface area (Å²) >= 11 is 0. The molecule has 1 aromatic rings. The van der Waals surface area contributed by atoms with Crippen LogP contribution >= 0.6 is 7.92 Å². The largest absolute Gasteiger partial charge is 0.204 e. The van der Waals surface area contributed by atoms with Crippen molar-refractivity contribution in [1.82, 2.24) is 0 Å². The number of rotatable bonds is 10. The molecule has 0 bridgehead atoms. The third-order valence-corrected chi connectivity index (χ3v) is 7.89. The molecule has 0 fully saturated rings. The van der Waals surface area contributed by atoms with Crippen LogP contribution in [0, 0.1) is 23.5 Å². The first-order chi connectivity index (χ1) is 10.5. The molecule has 0 saturated carbocycles. The molecular weight excluding hydrogens is 297 g/mol. The molecule has 0 aliphatic rings. The summed E-state index contributed by atoms with van der Waals surface area (Å²) in [7, 11) is -0.994. The smallest absolute Gasteiger partial charge is 0.200 e. The zero-order valence-electron chi connectivity index (χ0n) is 14.6. The van der Waals surface area contributed by atoms with Crippen molar-refractivity contribution in [2.24, 2.45) is 11.8 Å². The quantitative estimate of drug-likeness (QED) is 0.457. The van der Waals surface area contributed by atoms with Gasteiger partial charge in [-0.3, -0.25) is 0 Å². The number of benzene rings is 1. The minimum Gasteiger partial charge on any atom is -0.204 e. The molecule has 126 valence electrons. The molecule has 0 amide bonds. The second kappa shape index (κ2) is 10.3. The molecule has 0 aromatic heterocycles. The summed E-state index contributed by atoms with van der Waals surface area (Å²) in [5.74, 6) is 0.121. The Labute approximate surface area is 136 Å². The van der Waals surface area contributed by atoms with Crippen LogP contribution in [0.25, 0.3) is 0 Å². The van der Waals surface area contributed by atoms with Crippen molar-refractivity contribution in [2.75, 3.05) is 12.3 Å². The molecule has 0 heterocycles. The summed E-state index contributed by atoms with van der Waals surface area (Å²) in [4.78, 5) is 0. The van der Waals surface area contributed by atoms with Gasteiger partial charge in [0.05, 0.1) is 12.3 Å². The number of hydrogen-bond acceptors (Lipinski definition) is 0. The Balaban J connectivity index is 2.60. The standard InChI is InChI=1S/C19H31F2P/c1-5-9-16(6-2)13-12-15(4)14-22(7-3)18-11-8-10-17(20)19(18)21/h8,10-11,15-16H,5-7,9,12-14H2,1-4H3/p+1. The van der Waals surface area contributed by atoms with Gasteiger partial charge in [-0.2, -0.15) is 4.39 Å². The highest BCUT2D eigenvalue weighted by Gasteiger charge is 2.25. The summed E-state index contributed by atoms with van der Waals surface area (Å²) in [6.07, 6.45) is 8.31. The Bertz CT molecular complexity index is 433. The molecule has 22 heavy (non-hydrogen) atoms. The lowest BCUT2D eigenvalue weighted by Crippen LogP contribution is -2.15. The topological polar surface area (TPSA) is 0 Å². The maximum Gasteiger partial charge on any atom is 0.200 e. The van der Waals surface area contributed by atoms with Gasteiger partial charge in [-0.1, -0.05) is 52.5 Å². The molecule has 0 N–H and O–H groups in total. The van der Waals surface area contributed by atoms with Crippen molar-refractivity contribution in [3.05, 3.63) is 29.8 Å². The normalized spacial score (nSPS) is 15.5. The van der Waals surface area contributed by atoms with E-state index < -0.39 is 19.6 Å². The molecule has 0 nitrogen and oxygen atoms in total. The van der Waals surface area contributed by atoms with Crippen molar-refractivity contribution in [3.63, 3.8) is 0 Å². The molecule has 0 aliphatic heterocycles. The van der Waals surface area contributed by atoms with Crippen LogP contribution in [0.2, 0.25) is 0 Å². The Hall–Kier alpha value is -0.490. The molecule has 0 aliphatic carbocycles. The van der Waals surface area contributed by atoms with E-state index in [2.05, 4.69) is 27.7 Å². The van der Waals surface area contributed by atoms with Crippen molar-refractivity contribution in [2.45, 2.75) is 59.8 Å². The van der Waals surface area contributed by atoms with E-state index in [1.54, 1.807) is 12.1 Å². The Kier molecular flexibility index (Phi) is 9.17. The van der Waals surface area contributed by atoms with E-state index in [-0.39, 0.29) is 0 Å². The van der Waals surface area contributed by atoms with Crippen LogP contribution in [0.1, 0.15) is 59.8 Å². The molecular formula is C19H32F2P+. The molecule has 1 rings (SSSR count). The average molecular weight is 329 g/mol. The predicted molar refractivity (Wildman–Crippen MR) is 96.8 cm³/mol. The monoisotopic (exact) mass is 329 g/mol. The van der Waals surface area contributed by atoms with Gasteiger partial charge in [-0.25, -0.2) is 4.39 Å². The summed E-state index contributed by atoms with van der Waals surface area (Å²) < 4.78 is 27.4. The summed E-state index contributed by atoms with van der Waals surface area (Å²) in [6, 6.07) is 4.65. The molecule has 0 saturated heterocycles. The lowest BCUT2D eigenvalue weighted by atomic mass is 9.92. The first-order valence-electron chi connectivity index (χ1n) is 8.82. The van der Waals surface area contributed by atoms with Crippen molar-refractivity contribution < 1.29 is 8.78 Å². The van der Waals surface area contributed by atoms with E-state index in [9.17, 15) is 8.78 Å². The highest BCUT2D eigenvalue weighted by Crippen LogP contribution is 2.38. The van der Waals surface area contributed by atoms with E-state index in [1.807, 2.05) is 0 Å². The number of halogens is 2. The Morgan fingerprint density at radius 2 is 1.77 bits per heavy atom. The van der Waals surface area contributed by atoms with Gasteiger partial charge in [0.1, 0.15) is 5.30 Å². The lowest BCUT2D eigenvalue weighted by molar-refractivity contribution is 0.389. The highest BCUT2D eigenvalue weighted by molar-refractivity contribution is 7.65. The second-order valence-corrected chi connectivity index (χ2v) is 9.37. The van der Waals surface area contributed by atoms with Crippen LogP contribution in [-0.4, -0.2) is 12.3 Å². The predicted octanol–water partition coefficient (Wildman–Crippen LogP) is 6.07. The van der Waals surface area contributed by atoms with E-state index in [0.717, 1.165) is 18.2 Å². The minimum absolute atomic E-state index is 0.599. The molecule has 3 unspecified atom stereocenters. The Morgan fingerprint density at radius 3 is 2.36 bits per heavy atom. The third-order valence-electron chi connectivity index (χ3n) is 4.70. The van der Waals surface area contributed by atoms with Gasteiger partial charge >= 0.3 is 0 Å². The summed E-state index contributed by atoms with van der Waals surface area (Å²) in [6.45, 7) is 8.90. The van der Waals surface area contributed by atoms with Gasteiger partial charge in [0.2, 0.25) is 5.82 Å². The maximum atomic E-state index is 14.0. The van der Waals surface area contributed by atoms with Gasteiger partial charge < -0.3 is 0 Å². The van der Waals surface area contributed by atoms with E-state index in [4.69, 9.17) is 0 Å². The van der Waals surface area contributed by atoms with E-state index in [1.165, 1.54) is 38.2 Å². The fourth-order valence-corrected chi connectivity index (χ4v) is 5.92. The van der Waals surface area contributed by atoms with Gasteiger partial charge in [-0.05, 0) is 37.3 Å². The van der Waals surface area contributed by atoms with Crippen LogP contribution < -0.4 is 5.30 Å². The summed E-state index contributed by atoms with van der Waals surface area (Å²) in [5.41, 5.74) is 0. The fraction of sp³-hybridized carbons (Fsp3) is 0.684.